The van der Waals surface area contributed by atoms with Crippen molar-refractivity contribution in [3.8, 4) is 0 Å². The molecule has 0 bridgehead atoms. The molecule has 0 radical (unpaired) electrons. The first-order chi connectivity index (χ1) is 7.15. The van der Waals surface area contributed by atoms with Crippen LogP contribution in [-0.4, -0.2) is 29.3 Å². The van der Waals surface area contributed by atoms with Crippen molar-refractivity contribution < 1.29 is 9.50 Å². The van der Waals surface area contributed by atoms with E-state index in [1.54, 1.807) is 6.07 Å². The summed E-state index contributed by atoms with van der Waals surface area (Å²) in [6, 6.07) is 3.35. The number of anilines is 1. The van der Waals surface area contributed by atoms with Gasteiger partial charge in [0.05, 0.1) is 6.20 Å². The average Bonchev–Trinajstić information content (AvgIpc) is 2.21. The van der Waals surface area contributed by atoms with E-state index in [1.165, 1.54) is 12.3 Å². The summed E-state index contributed by atoms with van der Waals surface area (Å²) in [4.78, 5) is 6.06. The molecule has 0 aliphatic heterocycles. The molecule has 0 saturated carbocycles. The minimum atomic E-state index is -0.329. The zero-order chi connectivity index (χ0) is 11.3. The lowest BCUT2D eigenvalue weighted by Gasteiger charge is -2.27. The van der Waals surface area contributed by atoms with E-state index >= 15 is 0 Å². The molecular formula is C11H17FN2O. The van der Waals surface area contributed by atoms with Crippen LogP contribution in [0.2, 0.25) is 0 Å². The van der Waals surface area contributed by atoms with Crippen LogP contribution in [0, 0.1) is 5.82 Å². The second-order valence-electron chi connectivity index (χ2n) is 3.70. The van der Waals surface area contributed by atoms with Gasteiger partial charge in [-0.05, 0) is 32.4 Å². The predicted octanol–water partition coefficient (Wildman–Crippen LogP) is 1.82. The lowest BCUT2D eigenvalue weighted by molar-refractivity contribution is 0.288. The highest BCUT2D eigenvalue weighted by molar-refractivity contribution is 5.38. The quantitative estimate of drug-likeness (QED) is 0.808. The molecule has 0 fully saturated rings. The van der Waals surface area contributed by atoms with Crippen molar-refractivity contribution >= 4 is 5.82 Å². The standard InChI is InChI=1S/C11H17FN2O/c1-9(2)14(6-3-7-15)11-5-4-10(12)8-13-11/h4-5,8-9,15H,3,6-7H2,1-2H3. The Bertz CT molecular complexity index is 287. The maximum Gasteiger partial charge on any atom is 0.141 e. The lowest BCUT2D eigenvalue weighted by Crippen LogP contribution is -2.32. The molecule has 84 valence electrons. The highest BCUT2D eigenvalue weighted by Gasteiger charge is 2.10. The van der Waals surface area contributed by atoms with Crippen LogP contribution in [-0.2, 0) is 0 Å². The van der Waals surface area contributed by atoms with Gasteiger partial charge in [-0.2, -0.15) is 0 Å². The van der Waals surface area contributed by atoms with Crippen LogP contribution in [0.3, 0.4) is 0 Å². The van der Waals surface area contributed by atoms with Gasteiger partial charge in [0, 0.05) is 19.2 Å². The molecule has 0 atom stereocenters. The van der Waals surface area contributed by atoms with Crippen LogP contribution >= 0.6 is 0 Å². The maximum atomic E-state index is 12.7. The van der Waals surface area contributed by atoms with Crippen molar-refractivity contribution in [3.05, 3.63) is 24.1 Å². The van der Waals surface area contributed by atoms with Gasteiger partial charge < -0.3 is 10.0 Å². The van der Waals surface area contributed by atoms with Crippen LogP contribution in [0.5, 0.6) is 0 Å². The van der Waals surface area contributed by atoms with Crippen molar-refractivity contribution in [1.29, 1.82) is 0 Å². The maximum absolute atomic E-state index is 12.7. The number of hydrogen-bond donors (Lipinski definition) is 1. The van der Waals surface area contributed by atoms with Crippen LogP contribution < -0.4 is 4.90 Å². The van der Waals surface area contributed by atoms with E-state index in [4.69, 9.17) is 5.11 Å². The molecule has 15 heavy (non-hydrogen) atoms. The third-order valence-corrected chi connectivity index (χ3v) is 2.19. The van der Waals surface area contributed by atoms with Crippen LogP contribution in [0.4, 0.5) is 10.2 Å². The molecule has 0 aliphatic carbocycles. The first kappa shape index (κ1) is 11.9. The summed E-state index contributed by atoms with van der Waals surface area (Å²) >= 11 is 0. The molecule has 1 aromatic rings. The molecule has 1 N–H and O–H groups in total. The van der Waals surface area contributed by atoms with Gasteiger partial charge in [-0.3, -0.25) is 0 Å². The Hall–Kier alpha value is -1.16. The van der Waals surface area contributed by atoms with Gasteiger partial charge in [0.25, 0.3) is 0 Å². The SMILES string of the molecule is CC(C)N(CCCO)c1ccc(F)cn1. The number of pyridine rings is 1. The molecule has 0 spiro atoms. The first-order valence-electron chi connectivity index (χ1n) is 5.14. The van der Waals surface area contributed by atoms with Crippen molar-refractivity contribution in [2.75, 3.05) is 18.1 Å². The summed E-state index contributed by atoms with van der Waals surface area (Å²) < 4.78 is 12.7. The monoisotopic (exact) mass is 212 g/mol. The summed E-state index contributed by atoms with van der Waals surface area (Å²) in [7, 11) is 0. The third-order valence-electron chi connectivity index (χ3n) is 2.19. The van der Waals surface area contributed by atoms with E-state index < -0.39 is 0 Å². The van der Waals surface area contributed by atoms with Gasteiger partial charge in [0.15, 0.2) is 0 Å². The number of rotatable bonds is 5. The van der Waals surface area contributed by atoms with E-state index in [9.17, 15) is 4.39 Å². The second-order valence-corrected chi connectivity index (χ2v) is 3.70. The largest absolute Gasteiger partial charge is 0.396 e. The molecule has 1 heterocycles. The first-order valence-corrected chi connectivity index (χ1v) is 5.14. The Morgan fingerprint density at radius 3 is 2.67 bits per heavy atom. The van der Waals surface area contributed by atoms with Crippen LogP contribution in [0.15, 0.2) is 18.3 Å². The number of aliphatic hydroxyl groups is 1. The number of aromatic nitrogens is 1. The minimum Gasteiger partial charge on any atom is -0.396 e. The van der Waals surface area contributed by atoms with Crippen LogP contribution in [0.25, 0.3) is 0 Å². The Labute approximate surface area is 89.6 Å². The topological polar surface area (TPSA) is 36.4 Å². The number of nitrogens with zero attached hydrogens (tertiary/aromatic N) is 2. The van der Waals surface area contributed by atoms with Crippen molar-refractivity contribution in [3.63, 3.8) is 0 Å². The Morgan fingerprint density at radius 1 is 1.47 bits per heavy atom. The van der Waals surface area contributed by atoms with Gasteiger partial charge in [-0.15, -0.1) is 0 Å². The fourth-order valence-electron chi connectivity index (χ4n) is 1.42. The smallest absolute Gasteiger partial charge is 0.141 e. The number of aliphatic hydroxyl groups excluding tert-OH is 1. The zero-order valence-corrected chi connectivity index (χ0v) is 9.15. The average molecular weight is 212 g/mol. The summed E-state index contributed by atoms with van der Waals surface area (Å²) in [6.07, 6.45) is 1.90. The highest BCUT2D eigenvalue weighted by atomic mass is 19.1. The summed E-state index contributed by atoms with van der Waals surface area (Å²) in [6.45, 7) is 4.97. The Kier molecular flexibility index (Phi) is 4.49. The fraction of sp³-hybridized carbons (Fsp3) is 0.545. The van der Waals surface area contributed by atoms with Crippen molar-refractivity contribution in [1.82, 2.24) is 4.98 Å². The Balaban J connectivity index is 2.74. The van der Waals surface area contributed by atoms with Crippen LogP contribution in [0.1, 0.15) is 20.3 Å². The van der Waals surface area contributed by atoms with Crippen molar-refractivity contribution in [2.45, 2.75) is 26.3 Å². The van der Waals surface area contributed by atoms with Crippen molar-refractivity contribution in [2.24, 2.45) is 0 Å². The summed E-state index contributed by atoms with van der Waals surface area (Å²) in [5.41, 5.74) is 0. The molecule has 1 rings (SSSR count). The molecule has 1 aromatic heterocycles. The molecule has 0 amide bonds. The Morgan fingerprint density at radius 2 is 2.20 bits per heavy atom. The molecule has 0 unspecified atom stereocenters. The molecule has 0 aliphatic rings. The third kappa shape index (κ3) is 3.47. The highest BCUT2D eigenvalue weighted by Crippen LogP contribution is 2.14. The molecule has 4 heteroatoms. The van der Waals surface area contributed by atoms with E-state index in [1.807, 2.05) is 18.7 Å². The summed E-state index contributed by atoms with van der Waals surface area (Å²) in [5.74, 6) is 0.421. The fourth-order valence-corrected chi connectivity index (χ4v) is 1.42. The lowest BCUT2D eigenvalue weighted by atomic mass is 10.2. The van der Waals surface area contributed by atoms with E-state index in [0.29, 0.717) is 6.42 Å². The van der Waals surface area contributed by atoms with Gasteiger partial charge in [-0.1, -0.05) is 0 Å². The minimum absolute atomic E-state index is 0.157. The molecular weight excluding hydrogens is 195 g/mol. The molecule has 0 aromatic carbocycles. The molecule has 3 nitrogen and oxygen atoms in total. The van der Waals surface area contributed by atoms with E-state index in [2.05, 4.69) is 4.98 Å². The predicted molar refractivity (Wildman–Crippen MR) is 58.4 cm³/mol. The normalized spacial score (nSPS) is 10.7. The van der Waals surface area contributed by atoms with Gasteiger partial charge in [0.2, 0.25) is 0 Å². The summed E-state index contributed by atoms with van der Waals surface area (Å²) in [5, 5.41) is 8.78. The number of hydrogen-bond acceptors (Lipinski definition) is 3. The molecule has 0 saturated heterocycles. The van der Waals surface area contributed by atoms with Gasteiger partial charge >= 0.3 is 0 Å². The van der Waals surface area contributed by atoms with E-state index in [0.717, 1.165) is 12.4 Å². The second kappa shape index (κ2) is 5.66. The van der Waals surface area contributed by atoms with E-state index in [-0.39, 0.29) is 18.5 Å². The van der Waals surface area contributed by atoms with Gasteiger partial charge in [-0.25, -0.2) is 9.37 Å². The zero-order valence-electron chi connectivity index (χ0n) is 9.15. The van der Waals surface area contributed by atoms with Gasteiger partial charge in [0.1, 0.15) is 11.6 Å². The number of halogens is 1.